The lowest BCUT2D eigenvalue weighted by molar-refractivity contribution is -0.138. The summed E-state index contributed by atoms with van der Waals surface area (Å²) in [5, 5.41) is 20.1. The van der Waals surface area contributed by atoms with E-state index in [0.29, 0.717) is 17.0 Å². The van der Waals surface area contributed by atoms with E-state index in [1.807, 2.05) is 6.07 Å². The van der Waals surface area contributed by atoms with E-state index >= 15 is 0 Å². The van der Waals surface area contributed by atoms with Crippen LogP contribution >= 0.6 is 0 Å². The van der Waals surface area contributed by atoms with E-state index < -0.39 is 5.97 Å². The van der Waals surface area contributed by atoms with E-state index in [9.17, 15) is 9.59 Å². The molecule has 2 N–H and O–H groups in total. The summed E-state index contributed by atoms with van der Waals surface area (Å²) in [7, 11) is 1.44. The Hall–Kier alpha value is -2.55. The summed E-state index contributed by atoms with van der Waals surface area (Å²) < 4.78 is 5.04. The largest absolute Gasteiger partial charge is 0.495 e. The predicted octanol–water partition coefficient (Wildman–Crippen LogP) is 2.01. The Kier molecular flexibility index (Phi) is 5.54. The molecule has 1 rings (SSSR count). The maximum atomic E-state index is 11.7. The lowest BCUT2D eigenvalue weighted by Crippen LogP contribution is -2.17. The van der Waals surface area contributed by atoms with Crippen LogP contribution < -0.4 is 10.1 Å². The number of benzene rings is 1. The summed E-state index contributed by atoms with van der Waals surface area (Å²) in [6, 6.07) is 6.68. The lowest BCUT2D eigenvalue weighted by atomic mass is 10.0. The smallest absolute Gasteiger partial charge is 0.303 e. The molecule has 0 fully saturated rings. The molecule has 1 atom stereocenters. The van der Waals surface area contributed by atoms with Crippen LogP contribution in [-0.4, -0.2) is 24.1 Å². The summed E-state index contributed by atoms with van der Waals surface area (Å²) in [6.45, 7) is 1.70. The van der Waals surface area contributed by atoms with Gasteiger partial charge < -0.3 is 15.2 Å². The van der Waals surface area contributed by atoms with Gasteiger partial charge in [-0.3, -0.25) is 9.59 Å². The quantitative estimate of drug-likeness (QED) is 0.827. The molecule has 0 radical (unpaired) electrons. The first kappa shape index (κ1) is 15.5. The van der Waals surface area contributed by atoms with Crippen LogP contribution in [0.15, 0.2) is 18.2 Å². The highest BCUT2D eigenvalue weighted by molar-refractivity contribution is 5.91. The lowest BCUT2D eigenvalue weighted by Gasteiger charge is -2.10. The van der Waals surface area contributed by atoms with Crippen LogP contribution in [0.2, 0.25) is 0 Å². The number of amides is 1. The highest BCUT2D eigenvalue weighted by Crippen LogP contribution is 2.22. The molecular weight excluding hydrogens is 260 g/mol. The van der Waals surface area contributed by atoms with E-state index in [1.54, 1.807) is 25.1 Å². The highest BCUT2D eigenvalue weighted by Gasteiger charge is 2.13. The van der Waals surface area contributed by atoms with E-state index in [0.717, 1.165) is 0 Å². The first-order chi connectivity index (χ1) is 9.46. The number of carbonyl (C=O) groups is 2. The van der Waals surface area contributed by atoms with Gasteiger partial charge in [-0.05, 0) is 18.1 Å². The zero-order valence-electron chi connectivity index (χ0n) is 11.3. The van der Waals surface area contributed by atoms with Gasteiger partial charge in [-0.25, -0.2) is 0 Å². The van der Waals surface area contributed by atoms with Gasteiger partial charge in [0.05, 0.1) is 12.7 Å². The average Bonchev–Trinajstić information content (AvgIpc) is 2.37. The minimum atomic E-state index is -0.926. The fourth-order valence-corrected chi connectivity index (χ4v) is 1.76. The molecule has 0 heterocycles. The normalized spacial score (nSPS) is 11.2. The monoisotopic (exact) mass is 276 g/mol. The Balaban J connectivity index is 2.67. The molecule has 0 aromatic heterocycles. The third kappa shape index (κ3) is 4.61. The number of nitrogens with zero attached hydrogens (tertiary/aromatic N) is 1. The van der Waals surface area contributed by atoms with Crippen molar-refractivity contribution in [2.45, 2.75) is 19.8 Å². The fraction of sp³-hybridized carbons (Fsp3) is 0.357. The molecule has 0 unspecified atom stereocenters. The summed E-state index contributed by atoms with van der Waals surface area (Å²) >= 11 is 0. The second-order valence-corrected chi connectivity index (χ2v) is 4.48. The van der Waals surface area contributed by atoms with Crippen molar-refractivity contribution >= 4 is 17.6 Å². The van der Waals surface area contributed by atoms with Gasteiger partial charge in [0.1, 0.15) is 11.8 Å². The number of anilines is 1. The molecule has 6 nitrogen and oxygen atoms in total. The van der Waals surface area contributed by atoms with Crippen molar-refractivity contribution in [3.63, 3.8) is 0 Å². The number of carboxylic acids is 1. The van der Waals surface area contributed by atoms with Crippen molar-refractivity contribution < 1.29 is 19.4 Å². The van der Waals surface area contributed by atoms with Crippen LogP contribution in [0.1, 0.15) is 25.3 Å². The van der Waals surface area contributed by atoms with Gasteiger partial charge >= 0.3 is 5.97 Å². The molecule has 6 heteroatoms. The van der Waals surface area contributed by atoms with E-state index in [1.165, 1.54) is 7.11 Å². The summed E-state index contributed by atoms with van der Waals surface area (Å²) in [5.74, 6) is -1.06. The van der Waals surface area contributed by atoms with Crippen molar-refractivity contribution in [2.75, 3.05) is 12.4 Å². The molecule has 106 valence electrons. The van der Waals surface area contributed by atoms with Crippen molar-refractivity contribution in [3.8, 4) is 11.8 Å². The molecule has 1 amide bonds. The molecular formula is C14H16N2O4. The van der Waals surface area contributed by atoms with Gasteiger partial charge in [0.25, 0.3) is 0 Å². The second-order valence-electron chi connectivity index (χ2n) is 4.48. The minimum Gasteiger partial charge on any atom is -0.495 e. The molecule has 0 aliphatic rings. The molecule has 0 aliphatic carbocycles. The number of carboxylic acid groups (broad SMARTS) is 1. The van der Waals surface area contributed by atoms with Gasteiger partial charge in [0, 0.05) is 24.6 Å². The van der Waals surface area contributed by atoms with Crippen molar-refractivity contribution in [3.05, 3.63) is 23.8 Å². The zero-order valence-corrected chi connectivity index (χ0v) is 11.3. The molecule has 20 heavy (non-hydrogen) atoms. The van der Waals surface area contributed by atoms with Crippen LogP contribution in [0, 0.1) is 17.2 Å². The highest BCUT2D eigenvalue weighted by atomic mass is 16.5. The number of hydrogen-bond acceptors (Lipinski definition) is 4. The van der Waals surface area contributed by atoms with Gasteiger partial charge in [0.15, 0.2) is 0 Å². The number of carbonyl (C=O) groups excluding carboxylic acids is 1. The van der Waals surface area contributed by atoms with E-state index in [4.69, 9.17) is 15.1 Å². The third-order valence-corrected chi connectivity index (χ3v) is 2.66. The number of aliphatic carboxylic acids is 1. The Morgan fingerprint density at radius 3 is 2.70 bits per heavy atom. The topological polar surface area (TPSA) is 99.4 Å². The standard InChI is InChI=1S/C14H16N2O4/c1-9(6-14(18)19)5-13(17)16-11-4-3-10(8-15)12(7-11)20-2/h3-4,7,9H,5-6H2,1-2H3,(H,16,17)(H,18,19)/t9-/m0/s1. The van der Waals surface area contributed by atoms with E-state index in [-0.39, 0.29) is 24.7 Å². The minimum absolute atomic E-state index is 0.0515. The Morgan fingerprint density at radius 1 is 1.45 bits per heavy atom. The maximum absolute atomic E-state index is 11.7. The molecule has 0 saturated heterocycles. The Labute approximate surface area is 117 Å². The molecule has 0 saturated carbocycles. The molecule has 0 aliphatic heterocycles. The van der Waals surface area contributed by atoms with Crippen LogP contribution in [0.4, 0.5) is 5.69 Å². The number of hydrogen-bond donors (Lipinski definition) is 2. The summed E-state index contributed by atoms with van der Waals surface area (Å²) in [5.41, 5.74) is 0.887. The van der Waals surface area contributed by atoms with Crippen LogP contribution in [0.3, 0.4) is 0 Å². The second kappa shape index (κ2) is 7.14. The predicted molar refractivity (Wildman–Crippen MR) is 72.4 cm³/mol. The first-order valence-corrected chi connectivity index (χ1v) is 6.06. The molecule has 0 bridgehead atoms. The maximum Gasteiger partial charge on any atom is 0.303 e. The average molecular weight is 276 g/mol. The molecule has 0 spiro atoms. The van der Waals surface area contributed by atoms with Gasteiger partial charge in [-0.15, -0.1) is 0 Å². The fourth-order valence-electron chi connectivity index (χ4n) is 1.76. The summed E-state index contributed by atoms with van der Waals surface area (Å²) in [4.78, 5) is 22.3. The number of methoxy groups -OCH3 is 1. The van der Waals surface area contributed by atoms with Gasteiger partial charge in [-0.1, -0.05) is 6.92 Å². The summed E-state index contributed by atoms with van der Waals surface area (Å²) in [6.07, 6.45) is 0.0682. The Morgan fingerprint density at radius 2 is 2.15 bits per heavy atom. The molecule has 1 aromatic rings. The van der Waals surface area contributed by atoms with Crippen molar-refractivity contribution in [1.29, 1.82) is 5.26 Å². The van der Waals surface area contributed by atoms with Crippen LogP contribution in [-0.2, 0) is 9.59 Å². The van der Waals surface area contributed by atoms with Crippen LogP contribution in [0.5, 0.6) is 5.75 Å². The third-order valence-electron chi connectivity index (χ3n) is 2.66. The van der Waals surface area contributed by atoms with Crippen LogP contribution in [0.25, 0.3) is 0 Å². The van der Waals surface area contributed by atoms with Crippen molar-refractivity contribution in [1.82, 2.24) is 0 Å². The van der Waals surface area contributed by atoms with Crippen molar-refractivity contribution in [2.24, 2.45) is 5.92 Å². The first-order valence-electron chi connectivity index (χ1n) is 6.06. The number of ether oxygens (including phenoxy) is 1. The molecule has 1 aromatic carbocycles. The van der Waals surface area contributed by atoms with Gasteiger partial charge in [0.2, 0.25) is 5.91 Å². The van der Waals surface area contributed by atoms with Gasteiger partial charge in [-0.2, -0.15) is 5.26 Å². The van der Waals surface area contributed by atoms with E-state index in [2.05, 4.69) is 5.32 Å². The Bertz CT molecular complexity index is 549. The number of nitrogens with one attached hydrogen (secondary N) is 1. The number of nitriles is 1. The number of rotatable bonds is 6. The SMILES string of the molecule is COc1cc(NC(=O)C[C@H](C)CC(=O)O)ccc1C#N. The zero-order chi connectivity index (χ0) is 15.1.